The number of ether oxygens (including phenoxy) is 2. The molecule has 1 saturated heterocycles. The number of nitrogens with one attached hydrogen (secondary N) is 1. The van der Waals surface area contributed by atoms with Gasteiger partial charge in [-0.1, -0.05) is 26.0 Å². The number of fused-ring (bicyclic) bond motifs is 2. The maximum Gasteiger partial charge on any atom is 0.218 e. The molecular weight excluding hydrogens is 393 g/mol. The van der Waals surface area contributed by atoms with E-state index < -0.39 is 0 Å². The quantitative estimate of drug-likeness (QED) is 0.470. The fourth-order valence-electron chi connectivity index (χ4n) is 5.02. The number of halogens is 1. The normalized spacial score (nSPS) is 17.9. The number of aromatic amines is 1. The predicted molar refractivity (Wildman–Crippen MR) is 118 cm³/mol. The molecule has 2 aromatic heterocycles. The largest absolute Gasteiger partial charge is 0.474 e. The standard InChI is InChI=1S/C25H24FN3O2/c1-14(2)22-23(15-3-5-17(26)6-4-15)19-7-16-11-27-29-20(16)8-21(19)28-24(22)31-18-9-25(10-18)12-30-13-25/h3-8,11,14,18H,9-10,12-13H2,1-2H3,(H,27,29). The van der Waals surface area contributed by atoms with Crippen LogP contribution in [-0.2, 0) is 4.74 Å². The van der Waals surface area contributed by atoms with Gasteiger partial charge < -0.3 is 9.47 Å². The number of aromatic nitrogens is 3. The molecule has 2 aromatic carbocycles. The molecule has 1 aliphatic heterocycles. The van der Waals surface area contributed by atoms with Gasteiger partial charge in [0, 0.05) is 21.8 Å². The molecule has 31 heavy (non-hydrogen) atoms. The lowest BCUT2D eigenvalue weighted by atomic mass is 9.65. The molecule has 6 heteroatoms. The highest BCUT2D eigenvalue weighted by molar-refractivity contribution is 6.04. The molecule has 4 aromatic rings. The molecule has 0 radical (unpaired) electrons. The predicted octanol–water partition coefficient (Wildman–Crippen LogP) is 5.60. The van der Waals surface area contributed by atoms with Gasteiger partial charge in [0.25, 0.3) is 0 Å². The average molecular weight is 417 g/mol. The Labute approximate surface area is 179 Å². The Kier molecular flexibility index (Phi) is 4.09. The molecule has 158 valence electrons. The molecule has 0 bridgehead atoms. The molecule has 1 aliphatic carbocycles. The molecule has 0 unspecified atom stereocenters. The Morgan fingerprint density at radius 3 is 2.61 bits per heavy atom. The second-order valence-corrected chi connectivity index (χ2v) is 9.33. The van der Waals surface area contributed by atoms with Gasteiger partial charge in [-0.3, -0.25) is 5.10 Å². The molecule has 5 nitrogen and oxygen atoms in total. The Hall–Kier alpha value is -2.99. The van der Waals surface area contributed by atoms with Crippen molar-refractivity contribution < 1.29 is 13.9 Å². The van der Waals surface area contributed by atoms with E-state index in [4.69, 9.17) is 14.5 Å². The van der Waals surface area contributed by atoms with E-state index in [1.165, 1.54) is 12.1 Å². The van der Waals surface area contributed by atoms with Gasteiger partial charge in [0.15, 0.2) is 0 Å². The maximum atomic E-state index is 13.7. The molecule has 3 heterocycles. The minimum Gasteiger partial charge on any atom is -0.474 e. The van der Waals surface area contributed by atoms with Crippen LogP contribution in [0.1, 0.15) is 38.2 Å². The first-order valence-corrected chi connectivity index (χ1v) is 10.8. The highest BCUT2D eigenvalue weighted by Crippen LogP contribution is 2.49. The van der Waals surface area contributed by atoms with E-state index in [1.54, 1.807) is 0 Å². The van der Waals surface area contributed by atoms with Gasteiger partial charge >= 0.3 is 0 Å². The Morgan fingerprint density at radius 2 is 1.94 bits per heavy atom. The van der Waals surface area contributed by atoms with E-state index in [0.29, 0.717) is 11.3 Å². The molecule has 1 saturated carbocycles. The second kappa shape index (κ2) is 6.76. The molecule has 0 amide bonds. The van der Waals surface area contributed by atoms with Crippen molar-refractivity contribution in [3.05, 3.63) is 54.0 Å². The summed E-state index contributed by atoms with van der Waals surface area (Å²) in [5.74, 6) is 0.623. The van der Waals surface area contributed by atoms with Gasteiger partial charge in [0.1, 0.15) is 11.9 Å². The summed E-state index contributed by atoms with van der Waals surface area (Å²) in [5, 5.41) is 9.25. The van der Waals surface area contributed by atoms with Crippen molar-refractivity contribution >= 4 is 21.8 Å². The molecule has 2 aliphatic rings. The summed E-state index contributed by atoms with van der Waals surface area (Å²) >= 11 is 0. The van der Waals surface area contributed by atoms with Crippen molar-refractivity contribution in [2.24, 2.45) is 5.41 Å². The molecule has 1 spiro atoms. The third-order valence-corrected chi connectivity index (χ3v) is 6.67. The minimum absolute atomic E-state index is 0.156. The van der Waals surface area contributed by atoms with E-state index in [1.807, 2.05) is 24.4 Å². The summed E-state index contributed by atoms with van der Waals surface area (Å²) in [7, 11) is 0. The fraction of sp³-hybridized carbons (Fsp3) is 0.360. The minimum atomic E-state index is -0.246. The van der Waals surface area contributed by atoms with Crippen LogP contribution in [0, 0.1) is 11.2 Å². The molecule has 0 atom stereocenters. The summed E-state index contributed by atoms with van der Waals surface area (Å²) in [6, 6.07) is 10.8. The lowest BCUT2D eigenvalue weighted by Gasteiger charge is -2.52. The van der Waals surface area contributed by atoms with E-state index >= 15 is 0 Å². The highest BCUT2D eigenvalue weighted by Gasteiger charge is 2.51. The highest BCUT2D eigenvalue weighted by atomic mass is 19.1. The molecular formula is C25H24FN3O2. The SMILES string of the molecule is CC(C)c1c(OC2CC3(COC3)C2)nc2cc3[nH]ncc3cc2c1-c1ccc(F)cc1. The Bertz CT molecular complexity index is 1280. The first-order chi connectivity index (χ1) is 15.0. The van der Waals surface area contributed by atoms with Crippen molar-refractivity contribution in [3.8, 4) is 17.0 Å². The maximum absolute atomic E-state index is 13.7. The third kappa shape index (κ3) is 3.00. The fourth-order valence-corrected chi connectivity index (χ4v) is 5.02. The van der Waals surface area contributed by atoms with E-state index in [2.05, 4.69) is 30.1 Å². The number of hydrogen-bond donors (Lipinski definition) is 1. The van der Waals surface area contributed by atoms with Crippen LogP contribution < -0.4 is 4.74 Å². The van der Waals surface area contributed by atoms with Crippen molar-refractivity contribution in [1.29, 1.82) is 0 Å². The monoisotopic (exact) mass is 417 g/mol. The van der Waals surface area contributed by atoms with E-state index in [9.17, 15) is 4.39 Å². The van der Waals surface area contributed by atoms with Gasteiger partial charge in [-0.2, -0.15) is 5.10 Å². The summed E-state index contributed by atoms with van der Waals surface area (Å²) in [6.07, 6.45) is 3.99. The number of pyridine rings is 1. The van der Waals surface area contributed by atoms with Crippen molar-refractivity contribution in [2.45, 2.75) is 38.7 Å². The van der Waals surface area contributed by atoms with Crippen LogP contribution in [0.25, 0.3) is 32.9 Å². The summed E-state index contributed by atoms with van der Waals surface area (Å²) in [5.41, 5.74) is 5.18. The van der Waals surface area contributed by atoms with Crippen molar-refractivity contribution in [1.82, 2.24) is 15.2 Å². The number of nitrogens with zero attached hydrogens (tertiary/aromatic N) is 2. The lowest BCUT2D eigenvalue weighted by molar-refractivity contribution is -0.191. The van der Waals surface area contributed by atoms with Crippen molar-refractivity contribution in [3.63, 3.8) is 0 Å². The number of H-pyrrole nitrogens is 1. The zero-order valence-corrected chi connectivity index (χ0v) is 17.6. The van der Waals surface area contributed by atoms with Gasteiger partial charge in [-0.25, -0.2) is 9.37 Å². The van der Waals surface area contributed by atoms with E-state index in [-0.39, 0.29) is 17.8 Å². The van der Waals surface area contributed by atoms with Crippen LogP contribution in [-0.4, -0.2) is 34.5 Å². The zero-order chi connectivity index (χ0) is 21.2. The molecule has 2 fully saturated rings. The smallest absolute Gasteiger partial charge is 0.218 e. The van der Waals surface area contributed by atoms with Gasteiger partial charge in [-0.15, -0.1) is 0 Å². The van der Waals surface area contributed by atoms with Gasteiger partial charge in [0.2, 0.25) is 5.88 Å². The van der Waals surface area contributed by atoms with Crippen LogP contribution in [0.15, 0.2) is 42.6 Å². The van der Waals surface area contributed by atoms with Gasteiger partial charge in [0.05, 0.1) is 30.4 Å². The van der Waals surface area contributed by atoms with Crippen LogP contribution in [0.3, 0.4) is 0 Å². The van der Waals surface area contributed by atoms with Crippen molar-refractivity contribution in [2.75, 3.05) is 13.2 Å². The second-order valence-electron chi connectivity index (χ2n) is 9.33. The third-order valence-electron chi connectivity index (χ3n) is 6.67. The lowest BCUT2D eigenvalue weighted by Crippen LogP contribution is -2.56. The number of hydrogen-bond acceptors (Lipinski definition) is 4. The molecule has 6 rings (SSSR count). The number of benzene rings is 2. The average Bonchev–Trinajstić information content (AvgIpc) is 3.14. The van der Waals surface area contributed by atoms with E-state index in [0.717, 1.165) is 64.6 Å². The zero-order valence-electron chi connectivity index (χ0n) is 17.6. The van der Waals surface area contributed by atoms with Crippen LogP contribution in [0.5, 0.6) is 5.88 Å². The van der Waals surface area contributed by atoms with Crippen LogP contribution in [0.2, 0.25) is 0 Å². The Balaban J connectivity index is 1.55. The summed E-state index contributed by atoms with van der Waals surface area (Å²) in [6.45, 7) is 5.99. The number of rotatable bonds is 4. The Morgan fingerprint density at radius 1 is 1.16 bits per heavy atom. The summed E-state index contributed by atoms with van der Waals surface area (Å²) in [4.78, 5) is 4.97. The molecule has 1 N–H and O–H groups in total. The summed E-state index contributed by atoms with van der Waals surface area (Å²) < 4.78 is 25.6. The first-order valence-electron chi connectivity index (χ1n) is 10.8. The topological polar surface area (TPSA) is 60.0 Å². The first kappa shape index (κ1) is 18.8. The van der Waals surface area contributed by atoms with Crippen LogP contribution in [0.4, 0.5) is 4.39 Å². The van der Waals surface area contributed by atoms with Gasteiger partial charge in [-0.05, 0) is 54.2 Å². The van der Waals surface area contributed by atoms with Crippen LogP contribution >= 0.6 is 0 Å².